The van der Waals surface area contributed by atoms with Gasteiger partial charge in [-0.2, -0.15) is 0 Å². The molecule has 0 bridgehead atoms. The summed E-state index contributed by atoms with van der Waals surface area (Å²) in [5, 5.41) is 0.905. The SMILES string of the molecule is COc1ccc(Br)c2c(N)cc(C(C)(C)C)nc12. The van der Waals surface area contributed by atoms with Crippen LogP contribution in [-0.2, 0) is 5.41 Å². The fourth-order valence-electron chi connectivity index (χ4n) is 1.85. The molecule has 0 atom stereocenters. The van der Waals surface area contributed by atoms with Gasteiger partial charge in [0.05, 0.1) is 7.11 Å². The van der Waals surface area contributed by atoms with E-state index >= 15 is 0 Å². The molecule has 2 rings (SSSR count). The molecule has 0 fully saturated rings. The number of rotatable bonds is 1. The molecule has 0 aliphatic rings. The van der Waals surface area contributed by atoms with Gasteiger partial charge >= 0.3 is 0 Å². The maximum absolute atomic E-state index is 6.15. The first-order chi connectivity index (χ1) is 8.34. The number of aromatic nitrogens is 1. The molecule has 2 N–H and O–H groups in total. The molecule has 0 saturated heterocycles. The molecular formula is C14H17BrN2O. The van der Waals surface area contributed by atoms with Gasteiger partial charge in [0.25, 0.3) is 0 Å². The first-order valence-electron chi connectivity index (χ1n) is 5.78. The van der Waals surface area contributed by atoms with Crippen molar-refractivity contribution in [3.05, 3.63) is 28.4 Å². The quantitative estimate of drug-likeness (QED) is 0.869. The summed E-state index contributed by atoms with van der Waals surface area (Å²) >= 11 is 3.51. The summed E-state index contributed by atoms with van der Waals surface area (Å²) in [6.45, 7) is 6.35. The van der Waals surface area contributed by atoms with Crippen molar-refractivity contribution in [3.8, 4) is 5.75 Å². The highest BCUT2D eigenvalue weighted by Crippen LogP contribution is 2.36. The summed E-state index contributed by atoms with van der Waals surface area (Å²) in [6, 6.07) is 5.76. The van der Waals surface area contributed by atoms with Crippen molar-refractivity contribution in [1.82, 2.24) is 4.98 Å². The number of nitrogens with two attached hydrogens (primary N) is 1. The van der Waals surface area contributed by atoms with Gasteiger partial charge in [-0.15, -0.1) is 0 Å². The second kappa shape index (κ2) is 4.43. The predicted octanol–water partition coefficient (Wildman–Crippen LogP) is 3.89. The summed E-state index contributed by atoms with van der Waals surface area (Å²) in [7, 11) is 1.64. The van der Waals surface area contributed by atoms with Crippen molar-refractivity contribution in [1.29, 1.82) is 0 Å². The fourth-order valence-corrected chi connectivity index (χ4v) is 2.40. The Morgan fingerprint density at radius 3 is 2.50 bits per heavy atom. The Labute approximate surface area is 115 Å². The molecule has 0 radical (unpaired) electrons. The average molecular weight is 309 g/mol. The highest BCUT2D eigenvalue weighted by Gasteiger charge is 2.19. The molecule has 4 heteroatoms. The summed E-state index contributed by atoms with van der Waals surface area (Å²) in [5.74, 6) is 0.742. The monoisotopic (exact) mass is 308 g/mol. The van der Waals surface area contributed by atoms with E-state index in [0.29, 0.717) is 0 Å². The Balaban J connectivity index is 2.86. The van der Waals surface area contributed by atoms with Gasteiger partial charge in [0, 0.05) is 26.7 Å². The summed E-state index contributed by atoms with van der Waals surface area (Å²) in [4.78, 5) is 4.70. The molecule has 0 saturated carbocycles. The van der Waals surface area contributed by atoms with Crippen LogP contribution in [0.5, 0.6) is 5.75 Å². The van der Waals surface area contributed by atoms with Crippen molar-refractivity contribution in [3.63, 3.8) is 0 Å². The highest BCUT2D eigenvalue weighted by molar-refractivity contribution is 9.10. The van der Waals surface area contributed by atoms with Crippen molar-refractivity contribution in [2.24, 2.45) is 0 Å². The summed E-state index contributed by atoms with van der Waals surface area (Å²) in [5.41, 5.74) is 8.59. The van der Waals surface area contributed by atoms with Crippen LogP contribution in [0.4, 0.5) is 5.69 Å². The van der Waals surface area contributed by atoms with Gasteiger partial charge in [-0.25, -0.2) is 4.98 Å². The van der Waals surface area contributed by atoms with Crippen LogP contribution in [0.25, 0.3) is 10.9 Å². The minimum atomic E-state index is -0.0460. The topological polar surface area (TPSA) is 48.1 Å². The third-order valence-electron chi connectivity index (χ3n) is 2.89. The number of nitrogen functional groups attached to an aromatic ring is 1. The number of methoxy groups -OCH3 is 1. The third-order valence-corrected chi connectivity index (χ3v) is 3.55. The van der Waals surface area contributed by atoms with Crippen molar-refractivity contribution < 1.29 is 4.74 Å². The summed E-state index contributed by atoms with van der Waals surface area (Å²) in [6.07, 6.45) is 0. The predicted molar refractivity (Wildman–Crippen MR) is 79.1 cm³/mol. The second-order valence-corrected chi connectivity index (χ2v) is 6.17. The van der Waals surface area contributed by atoms with Crippen molar-refractivity contribution in [2.75, 3.05) is 12.8 Å². The van der Waals surface area contributed by atoms with Crippen LogP contribution < -0.4 is 10.5 Å². The number of hydrogen-bond donors (Lipinski definition) is 1. The van der Waals surface area contributed by atoms with E-state index < -0.39 is 0 Å². The number of nitrogens with zero attached hydrogens (tertiary/aromatic N) is 1. The molecular weight excluding hydrogens is 292 g/mol. The van der Waals surface area contributed by atoms with Crippen LogP contribution >= 0.6 is 15.9 Å². The van der Waals surface area contributed by atoms with Crippen LogP contribution in [0.1, 0.15) is 26.5 Å². The standard InChI is InChI=1S/C14H17BrN2O/c1-14(2,3)11-7-9(16)12-8(15)5-6-10(18-4)13(12)17-11/h5-7H,1-4H3,(H2,16,17). The van der Waals surface area contributed by atoms with E-state index in [9.17, 15) is 0 Å². The molecule has 3 nitrogen and oxygen atoms in total. The first kappa shape index (κ1) is 13.1. The van der Waals surface area contributed by atoms with Crippen LogP contribution in [0.3, 0.4) is 0 Å². The Bertz CT molecular complexity index is 603. The van der Waals surface area contributed by atoms with E-state index in [4.69, 9.17) is 15.5 Å². The second-order valence-electron chi connectivity index (χ2n) is 5.32. The summed E-state index contributed by atoms with van der Waals surface area (Å²) < 4.78 is 6.30. The molecule has 2 aromatic rings. The normalized spacial score (nSPS) is 11.8. The number of fused-ring (bicyclic) bond motifs is 1. The van der Waals surface area contributed by atoms with Gasteiger partial charge in [0.1, 0.15) is 11.3 Å². The molecule has 1 aromatic heterocycles. The molecule has 0 spiro atoms. The maximum atomic E-state index is 6.15. The molecule has 0 aliphatic carbocycles. The van der Waals surface area contributed by atoms with Gasteiger partial charge in [-0.1, -0.05) is 36.7 Å². The molecule has 0 unspecified atom stereocenters. The smallest absolute Gasteiger partial charge is 0.145 e. The number of anilines is 1. The van der Waals surface area contributed by atoms with E-state index in [0.717, 1.165) is 32.5 Å². The first-order valence-corrected chi connectivity index (χ1v) is 6.57. The van der Waals surface area contributed by atoms with Gasteiger partial charge < -0.3 is 10.5 Å². The van der Waals surface area contributed by atoms with E-state index in [1.54, 1.807) is 7.11 Å². The number of pyridine rings is 1. The van der Waals surface area contributed by atoms with Gasteiger partial charge in [-0.3, -0.25) is 0 Å². The van der Waals surface area contributed by atoms with Gasteiger partial charge in [-0.05, 0) is 18.2 Å². The Kier molecular flexibility index (Phi) is 3.23. The zero-order valence-electron chi connectivity index (χ0n) is 11.0. The largest absolute Gasteiger partial charge is 0.494 e. The Morgan fingerprint density at radius 2 is 1.94 bits per heavy atom. The van der Waals surface area contributed by atoms with Crippen LogP contribution in [0, 0.1) is 0 Å². The van der Waals surface area contributed by atoms with Crippen molar-refractivity contribution in [2.45, 2.75) is 26.2 Å². The minimum Gasteiger partial charge on any atom is -0.494 e. The number of benzene rings is 1. The molecule has 1 heterocycles. The van der Waals surface area contributed by atoms with Crippen molar-refractivity contribution >= 4 is 32.5 Å². The molecule has 0 aliphatic heterocycles. The molecule has 18 heavy (non-hydrogen) atoms. The maximum Gasteiger partial charge on any atom is 0.145 e. The Hall–Kier alpha value is -1.29. The zero-order chi connectivity index (χ0) is 13.5. The van der Waals surface area contributed by atoms with Gasteiger partial charge in [0.2, 0.25) is 0 Å². The number of halogens is 1. The minimum absolute atomic E-state index is 0.0460. The lowest BCUT2D eigenvalue weighted by Crippen LogP contribution is -2.14. The van der Waals surface area contributed by atoms with E-state index in [2.05, 4.69) is 36.7 Å². The molecule has 1 aromatic carbocycles. The van der Waals surface area contributed by atoms with Crippen LogP contribution in [0.2, 0.25) is 0 Å². The lowest BCUT2D eigenvalue weighted by atomic mass is 9.91. The van der Waals surface area contributed by atoms with E-state index in [-0.39, 0.29) is 5.41 Å². The average Bonchev–Trinajstić information content (AvgIpc) is 2.27. The lowest BCUT2D eigenvalue weighted by Gasteiger charge is -2.20. The highest BCUT2D eigenvalue weighted by atomic mass is 79.9. The zero-order valence-corrected chi connectivity index (χ0v) is 12.6. The molecule has 96 valence electrons. The van der Waals surface area contributed by atoms with E-state index in [1.165, 1.54) is 0 Å². The van der Waals surface area contributed by atoms with Gasteiger partial charge in [0.15, 0.2) is 0 Å². The van der Waals surface area contributed by atoms with E-state index in [1.807, 2.05) is 18.2 Å². The lowest BCUT2D eigenvalue weighted by molar-refractivity contribution is 0.418. The number of ether oxygens (including phenoxy) is 1. The Morgan fingerprint density at radius 1 is 1.28 bits per heavy atom. The van der Waals surface area contributed by atoms with Crippen LogP contribution in [-0.4, -0.2) is 12.1 Å². The fraction of sp³-hybridized carbons (Fsp3) is 0.357. The third kappa shape index (κ3) is 2.17. The molecule has 0 amide bonds. The number of hydrogen-bond acceptors (Lipinski definition) is 3. The van der Waals surface area contributed by atoms with Crippen LogP contribution in [0.15, 0.2) is 22.7 Å².